The van der Waals surface area contributed by atoms with Crippen molar-refractivity contribution >= 4 is 11.8 Å². The molecule has 0 aliphatic carbocycles. The molecule has 0 saturated carbocycles. The molecule has 2 amide bonds. The lowest BCUT2D eigenvalue weighted by Crippen LogP contribution is -2.28. The monoisotopic (exact) mass is 327 g/mol. The third-order valence-corrected chi connectivity index (χ3v) is 4.43. The topological polar surface area (TPSA) is 89.9 Å². The van der Waals surface area contributed by atoms with E-state index in [0.717, 1.165) is 32.4 Å². The first-order valence-corrected chi connectivity index (χ1v) is 8.27. The van der Waals surface area contributed by atoms with Crippen molar-refractivity contribution in [2.24, 2.45) is 10.2 Å². The number of aromatic nitrogens is 1. The predicted octanol–water partition coefficient (Wildman–Crippen LogP) is 1.95. The van der Waals surface area contributed by atoms with E-state index in [2.05, 4.69) is 26.4 Å². The van der Waals surface area contributed by atoms with Crippen LogP contribution in [0.15, 0.2) is 22.5 Å². The zero-order valence-corrected chi connectivity index (χ0v) is 13.5. The van der Waals surface area contributed by atoms with Gasteiger partial charge in [0, 0.05) is 45.1 Å². The first kappa shape index (κ1) is 16.2. The molecule has 2 N–H and O–H groups in total. The molecule has 7 nitrogen and oxygen atoms in total. The van der Waals surface area contributed by atoms with Crippen molar-refractivity contribution in [2.45, 2.75) is 37.8 Å². The van der Waals surface area contributed by atoms with Crippen molar-refractivity contribution in [2.75, 3.05) is 19.6 Å². The lowest BCUT2D eigenvalue weighted by molar-refractivity contribution is 0.0787. The van der Waals surface area contributed by atoms with Gasteiger partial charge in [-0.05, 0) is 18.9 Å². The Bertz CT molecular complexity index is 688. The van der Waals surface area contributed by atoms with Crippen LogP contribution in [0.25, 0.3) is 0 Å². The first-order chi connectivity index (χ1) is 11.6. The highest BCUT2D eigenvalue weighted by Gasteiger charge is 2.38. The smallest absolute Gasteiger partial charge is 0.270 e. The number of nitrogens with one attached hydrogen (secondary N) is 2. The normalized spacial score (nSPS) is 17.5. The Morgan fingerprint density at radius 2 is 2.08 bits per heavy atom. The number of rotatable bonds is 7. The average molecular weight is 327 g/mol. The number of likely N-dealkylation sites (tertiary alicyclic amines) is 1. The zero-order chi connectivity index (χ0) is 17.0. The van der Waals surface area contributed by atoms with Crippen LogP contribution in [0.1, 0.15) is 53.0 Å². The lowest BCUT2D eigenvalue weighted by Gasteiger charge is -2.13. The van der Waals surface area contributed by atoms with Crippen molar-refractivity contribution in [3.63, 3.8) is 0 Å². The van der Waals surface area contributed by atoms with E-state index in [4.69, 9.17) is 6.42 Å². The van der Waals surface area contributed by atoms with Gasteiger partial charge in [0.2, 0.25) is 0 Å². The fourth-order valence-electron chi connectivity index (χ4n) is 2.89. The Hall–Kier alpha value is -2.62. The fourth-order valence-corrected chi connectivity index (χ4v) is 2.89. The number of nitrogens with zero attached hydrogens (tertiary/aromatic N) is 3. The standard InChI is InChI=1S/C17H21N5O2/c1-2-3-6-17(20-21-17)7-8-18-15(23)13-11-14(19-12-13)16(24)22-9-4-5-10-22/h1,11-12,19H,3-10H2,(H,18,23). The van der Waals surface area contributed by atoms with E-state index >= 15 is 0 Å². The molecule has 3 rings (SSSR count). The van der Waals surface area contributed by atoms with Crippen molar-refractivity contribution < 1.29 is 9.59 Å². The third-order valence-electron chi connectivity index (χ3n) is 4.43. The van der Waals surface area contributed by atoms with Crippen LogP contribution in [0, 0.1) is 12.3 Å². The molecule has 2 aliphatic heterocycles. The van der Waals surface area contributed by atoms with Gasteiger partial charge in [-0.2, -0.15) is 10.2 Å². The van der Waals surface area contributed by atoms with Gasteiger partial charge in [-0.3, -0.25) is 9.59 Å². The molecule has 0 radical (unpaired) electrons. The Morgan fingerprint density at radius 1 is 1.33 bits per heavy atom. The SMILES string of the molecule is C#CCCC1(CCNC(=O)c2c[nH]c(C(=O)N3CCCC3)c2)N=N1. The lowest BCUT2D eigenvalue weighted by atomic mass is 10.0. The van der Waals surface area contributed by atoms with Gasteiger partial charge in [0.1, 0.15) is 5.69 Å². The van der Waals surface area contributed by atoms with Crippen LogP contribution in [0.3, 0.4) is 0 Å². The summed E-state index contributed by atoms with van der Waals surface area (Å²) in [6, 6.07) is 1.61. The van der Waals surface area contributed by atoms with Crippen molar-refractivity contribution in [3.05, 3.63) is 23.5 Å². The third kappa shape index (κ3) is 3.65. The van der Waals surface area contributed by atoms with E-state index in [-0.39, 0.29) is 11.8 Å². The minimum Gasteiger partial charge on any atom is -0.356 e. The molecule has 0 unspecified atom stereocenters. The quantitative estimate of drug-likeness (QED) is 0.749. The van der Waals surface area contributed by atoms with Crippen LogP contribution in [0.4, 0.5) is 0 Å². The molecule has 0 atom stereocenters. The molecular formula is C17H21N5O2. The molecule has 1 aromatic rings. The van der Waals surface area contributed by atoms with Crippen LogP contribution in [-0.2, 0) is 0 Å². The van der Waals surface area contributed by atoms with E-state index in [1.54, 1.807) is 17.2 Å². The minimum absolute atomic E-state index is 0.0460. The Morgan fingerprint density at radius 3 is 2.75 bits per heavy atom. The van der Waals surface area contributed by atoms with Crippen LogP contribution in [0.2, 0.25) is 0 Å². The van der Waals surface area contributed by atoms with E-state index in [0.29, 0.717) is 30.6 Å². The van der Waals surface area contributed by atoms with Crippen LogP contribution >= 0.6 is 0 Å². The number of hydrogen-bond acceptors (Lipinski definition) is 4. The second kappa shape index (κ2) is 6.87. The second-order valence-corrected chi connectivity index (χ2v) is 6.19. The van der Waals surface area contributed by atoms with Gasteiger partial charge < -0.3 is 15.2 Å². The number of terminal acetylenes is 1. The Balaban J connectivity index is 1.47. The molecule has 0 spiro atoms. The van der Waals surface area contributed by atoms with E-state index in [9.17, 15) is 9.59 Å². The first-order valence-electron chi connectivity index (χ1n) is 8.27. The van der Waals surface area contributed by atoms with E-state index in [1.165, 1.54) is 0 Å². The summed E-state index contributed by atoms with van der Waals surface area (Å²) in [4.78, 5) is 29.1. The largest absolute Gasteiger partial charge is 0.356 e. The molecule has 1 aromatic heterocycles. The van der Waals surface area contributed by atoms with Crippen molar-refractivity contribution in [1.82, 2.24) is 15.2 Å². The summed E-state index contributed by atoms with van der Waals surface area (Å²) in [5.74, 6) is 2.32. The van der Waals surface area contributed by atoms with E-state index < -0.39 is 5.66 Å². The molecule has 24 heavy (non-hydrogen) atoms. The summed E-state index contributed by atoms with van der Waals surface area (Å²) >= 11 is 0. The number of hydrogen-bond donors (Lipinski definition) is 2. The molecular weight excluding hydrogens is 306 g/mol. The minimum atomic E-state index is -0.394. The fraction of sp³-hybridized carbons (Fsp3) is 0.529. The number of carbonyl (C=O) groups excluding carboxylic acids is 2. The second-order valence-electron chi connectivity index (χ2n) is 6.19. The number of aromatic amines is 1. The maximum Gasteiger partial charge on any atom is 0.270 e. The van der Waals surface area contributed by atoms with Gasteiger partial charge in [-0.25, -0.2) is 0 Å². The highest BCUT2D eigenvalue weighted by atomic mass is 16.2. The van der Waals surface area contributed by atoms with Gasteiger partial charge in [-0.1, -0.05) is 0 Å². The summed E-state index contributed by atoms with van der Waals surface area (Å²) in [5.41, 5.74) is 0.522. The summed E-state index contributed by atoms with van der Waals surface area (Å²) in [6.07, 6.45) is 10.9. The number of carbonyl (C=O) groups is 2. The van der Waals surface area contributed by atoms with Gasteiger partial charge in [0.05, 0.1) is 5.56 Å². The number of amides is 2. The molecule has 3 heterocycles. The van der Waals surface area contributed by atoms with Gasteiger partial charge >= 0.3 is 0 Å². The zero-order valence-electron chi connectivity index (χ0n) is 13.5. The molecule has 1 fully saturated rings. The highest BCUT2D eigenvalue weighted by Crippen LogP contribution is 2.36. The molecule has 2 aliphatic rings. The Labute approximate surface area is 140 Å². The summed E-state index contributed by atoms with van der Waals surface area (Å²) in [7, 11) is 0. The van der Waals surface area contributed by atoms with Gasteiger partial charge in [0.15, 0.2) is 5.66 Å². The average Bonchev–Trinajstić information content (AvgIpc) is 3.01. The van der Waals surface area contributed by atoms with Crippen LogP contribution < -0.4 is 5.32 Å². The molecule has 126 valence electrons. The molecule has 1 saturated heterocycles. The predicted molar refractivity (Wildman–Crippen MR) is 88.5 cm³/mol. The van der Waals surface area contributed by atoms with E-state index in [1.807, 2.05) is 0 Å². The summed E-state index contributed by atoms with van der Waals surface area (Å²) < 4.78 is 0. The van der Waals surface area contributed by atoms with Crippen molar-refractivity contribution in [3.8, 4) is 12.3 Å². The summed E-state index contributed by atoms with van der Waals surface area (Å²) in [6.45, 7) is 2.04. The highest BCUT2D eigenvalue weighted by molar-refractivity contribution is 5.99. The Kier molecular flexibility index (Phi) is 4.65. The van der Waals surface area contributed by atoms with Gasteiger partial charge in [0.25, 0.3) is 11.8 Å². The van der Waals surface area contributed by atoms with Crippen LogP contribution in [-0.4, -0.2) is 47.0 Å². The molecule has 0 aromatic carbocycles. The van der Waals surface area contributed by atoms with Crippen molar-refractivity contribution in [1.29, 1.82) is 0 Å². The van der Waals surface area contributed by atoms with Crippen LogP contribution in [0.5, 0.6) is 0 Å². The maximum atomic E-state index is 12.3. The molecule has 0 bridgehead atoms. The summed E-state index contributed by atoms with van der Waals surface area (Å²) in [5, 5.41) is 10.9. The maximum absolute atomic E-state index is 12.3. The number of H-pyrrole nitrogens is 1. The molecule has 7 heteroatoms. The van der Waals surface area contributed by atoms with Gasteiger partial charge in [-0.15, -0.1) is 12.3 Å².